The van der Waals surface area contributed by atoms with Gasteiger partial charge in [-0.2, -0.15) is 0 Å². The standard InChI is InChI=1S/C27H27N5O3/c1-4-25-29-24(16-31(25)3)30-26(33)10-7-11-35-23-14-21-20(12-17(23)2)27(34)32-19(15-28-21)13-18-8-5-6-9-22(18)32/h4-6,8-9,12,14-16,19H,1,7,10-11,13H2,2-3H3,(H,30,33). The van der Waals surface area contributed by atoms with Crippen molar-refractivity contribution >= 4 is 41.3 Å². The number of hydrogen-bond donors (Lipinski definition) is 1. The van der Waals surface area contributed by atoms with Crippen LogP contribution < -0.4 is 15.0 Å². The van der Waals surface area contributed by atoms with Crippen molar-refractivity contribution in [2.75, 3.05) is 16.8 Å². The minimum atomic E-state index is -0.128. The maximum atomic E-state index is 13.4. The van der Waals surface area contributed by atoms with Gasteiger partial charge in [-0.15, -0.1) is 0 Å². The van der Waals surface area contributed by atoms with Crippen molar-refractivity contribution in [3.8, 4) is 5.75 Å². The number of carbonyl (C=O) groups is 2. The van der Waals surface area contributed by atoms with Crippen molar-refractivity contribution in [3.05, 3.63) is 71.7 Å². The molecule has 0 spiro atoms. The summed E-state index contributed by atoms with van der Waals surface area (Å²) in [6.07, 6.45) is 6.83. The highest BCUT2D eigenvalue weighted by atomic mass is 16.5. The molecule has 1 unspecified atom stereocenters. The van der Waals surface area contributed by atoms with Crippen LogP contribution in [0, 0.1) is 6.92 Å². The average molecular weight is 470 g/mol. The molecule has 1 N–H and O–H groups in total. The van der Waals surface area contributed by atoms with Gasteiger partial charge in [-0.25, -0.2) is 4.98 Å². The van der Waals surface area contributed by atoms with Crippen molar-refractivity contribution in [1.82, 2.24) is 9.55 Å². The third-order valence-corrected chi connectivity index (χ3v) is 6.31. The number of nitrogens with zero attached hydrogens (tertiary/aromatic N) is 4. The Morgan fingerprint density at radius 3 is 2.94 bits per heavy atom. The number of carbonyl (C=O) groups excluding carboxylic acids is 2. The molecule has 8 heteroatoms. The Labute approximate surface area is 204 Å². The number of para-hydroxylation sites is 1. The summed E-state index contributed by atoms with van der Waals surface area (Å²) >= 11 is 0. The fourth-order valence-electron chi connectivity index (χ4n) is 4.55. The number of anilines is 2. The lowest BCUT2D eigenvalue weighted by Crippen LogP contribution is -2.37. The monoisotopic (exact) mass is 469 g/mol. The van der Waals surface area contributed by atoms with E-state index in [1.54, 1.807) is 16.8 Å². The predicted octanol–water partition coefficient (Wildman–Crippen LogP) is 4.46. The second kappa shape index (κ2) is 9.21. The van der Waals surface area contributed by atoms with Gasteiger partial charge in [-0.3, -0.25) is 19.5 Å². The van der Waals surface area contributed by atoms with Crippen molar-refractivity contribution < 1.29 is 14.3 Å². The smallest absolute Gasteiger partial charge is 0.261 e. The van der Waals surface area contributed by atoms with Gasteiger partial charge in [-0.1, -0.05) is 24.8 Å². The zero-order valence-corrected chi connectivity index (χ0v) is 19.8. The summed E-state index contributed by atoms with van der Waals surface area (Å²) in [6.45, 7) is 5.98. The van der Waals surface area contributed by atoms with Gasteiger partial charge >= 0.3 is 0 Å². The molecule has 0 aliphatic carbocycles. The Morgan fingerprint density at radius 1 is 1.31 bits per heavy atom. The largest absolute Gasteiger partial charge is 0.493 e. The lowest BCUT2D eigenvalue weighted by Gasteiger charge is -2.21. The van der Waals surface area contributed by atoms with Crippen molar-refractivity contribution in [2.24, 2.45) is 12.0 Å². The van der Waals surface area contributed by atoms with E-state index in [1.165, 1.54) is 0 Å². The van der Waals surface area contributed by atoms with Gasteiger partial charge in [-0.05, 0) is 42.7 Å². The number of fused-ring (bicyclic) bond motifs is 4. The number of aryl methyl sites for hydroxylation is 2. The molecule has 2 amide bonds. The Bertz CT molecular complexity index is 1360. The molecule has 2 aromatic carbocycles. The number of aliphatic imine (C=N–C) groups is 1. The van der Waals surface area contributed by atoms with E-state index in [2.05, 4.69) is 27.9 Å². The first-order chi connectivity index (χ1) is 16.9. The van der Waals surface area contributed by atoms with Crippen molar-refractivity contribution in [3.63, 3.8) is 0 Å². The van der Waals surface area contributed by atoms with E-state index in [1.807, 2.05) is 55.4 Å². The van der Waals surface area contributed by atoms with Gasteiger partial charge in [0.2, 0.25) is 5.91 Å². The average Bonchev–Trinajstić information content (AvgIpc) is 3.36. The van der Waals surface area contributed by atoms with E-state index in [0.717, 1.165) is 23.2 Å². The summed E-state index contributed by atoms with van der Waals surface area (Å²) < 4.78 is 7.75. The SMILES string of the molecule is C=Cc1nc(NC(=O)CCCOc2cc3c(cc2C)C(=O)N2c4ccccc4CC2C=N3)cn1C. The topological polar surface area (TPSA) is 88.8 Å². The fourth-order valence-corrected chi connectivity index (χ4v) is 4.55. The summed E-state index contributed by atoms with van der Waals surface area (Å²) in [5, 5.41) is 2.79. The maximum absolute atomic E-state index is 13.4. The molecular formula is C27H27N5O3. The lowest BCUT2D eigenvalue weighted by atomic mass is 10.1. The number of aromatic nitrogens is 2. The number of hydrogen-bond acceptors (Lipinski definition) is 5. The number of imidazole rings is 1. The molecule has 1 aromatic heterocycles. The quantitative estimate of drug-likeness (QED) is 0.518. The van der Waals surface area contributed by atoms with Crippen LogP contribution in [0.2, 0.25) is 0 Å². The Hall–Kier alpha value is -4.20. The number of rotatable bonds is 7. The van der Waals surface area contributed by atoms with Gasteiger partial charge in [0.05, 0.1) is 23.9 Å². The molecule has 5 rings (SSSR count). The minimum absolute atomic E-state index is 0.0482. The molecule has 0 saturated carbocycles. The van der Waals surface area contributed by atoms with Crippen LogP contribution in [0.25, 0.3) is 6.08 Å². The number of benzene rings is 2. The van der Waals surface area contributed by atoms with Crippen LogP contribution in [0.1, 0.15) is 40.2 Å². The second-order valence-electron chi connectivity index (χ2n) is 8.79. The number of ether oxygens (including phenoxy) is 1. The summed E-state index contributed by atoms with van der Waals surface area (Å²) in [5.74, 6) is 1.68. The van der Waals surface area contributed by atoms with E-state index in [-0.39, 0.29) is 17.9 Å². The Balaban J connectivity index is 1.22. The molecule has 0 bridgehead atoms. The number of amides is 2. The molecular weight excluding hydrogens is 442 g/mol. The zero-order valence-electron chi connectivity index (χ0n) is 19.8. The zero-order chi connectivity index (χ0) is 24.5. The van der Waals surface area contributed by atoms with E-state index < -0.39 is 0 Å². The van der Waals surface area contributed by atoms with Crippen LogP contribution in [0.3, 0.4) is 0 Å². The van der Waals surface area contributed by atoms with E-state index in [4.69, 9.17) is 4.74 Å². The number of nitrogens with one attached hydrogen (secondary N) is 1. The summed E-state index contributed by atoms with van der Waals surface area (Å²) in [7, 11) is 1.84. The molecule has 35 heavy (non-hydrogen) atoms. The van der Waals surface area contributed by atoms with Crippen molar-refractivity contribution in [1.29, 1.82) is 0 Å². The normalized spacial score (nSPS) is 15.8. The molecule has 2 aliphatic rings. The van der Waals surface area contributed by atoms with Crippen LogP contribution in [-0.4, -0.2) is 40.2 Å². The van der Waals surface area contributed by atoms with Gasteiger partial charge in [0, 0.05) is 44.1 Å². The molecule has 0 saturated heterocycles. The molecule has 1 atom stereocenters. The molecule has 0 fully saturated rings. The van der Waals surface area contributed by atoms with Gasteiger partial charge < -0.3 is 14.6 Å². The first-order valence-corrected chi connectivity index (χ1v) is 11.6. The van der Waals surface area contributed by atoms with Crippen LogP contribution in [0.15, 0.2) is 54.2 Å². The molecule has 3 aromatic rings. The summed E-state index contributed by atoms with van der Waals surface area (Å²) in [4.78, 5) is 36.4. The highest BCUT2D eigenvalue weighted by molar-refractivity contribution is 6.14. The maximum Gasteiger partial charge on any atom is 0.261 e. The van der Waals surface area contributed by atoms with Crippen molar-refractivity contribution in [2.45, 2.75) is 32.2 Å². The van der Waals surface area contributed by atoms with Gasteiger partial charge in [0.25, 0.3) is 5.91 Å². The summed E-state index contributed by atoms with van der Waals surface area (Å²) in [5.41, 5.74) is 4.13. The first kappa shape index (κ1) is 22.6. The Kier molecular flexibility index (Phi) is 5.94. The van der Waals surface area contributed by atoms with E-state index in [0.29, 0.717) is 48.1 Å². The molecule has 0 radical (unpaired) electrons. The lowest BCUT2D eigenvalue weighted by molar-refractivity contribution is -0.116. The van der Waals surface area contributed by atoms with E-state index >= 15 is 0 Å². The molecule has 8 nitrogen and oxygen atoms in total. The first-order valence-electron chi connectivity index (χ1n) is 11.6. The molecule has 178 valence electrons. The summed E-state index contributed by atoms with van der Waals surface area (Å²) in [6, 6.07) is 11.6. The van der Waals surface area contributed by atoms with Crippen LogP contribution in [0.4, 0.5) is 17.2 Å². The highest BCUT2D eigenvalue weighted by Gasteiger charge is 2.36. The molecule has 3 heterocycles. The van der Waals surface area contributed by atoms with Crippen LogP contribution in [0.5, 0.6) is 5.75 Å². The van der Waals surface area contributed by atoms with Gasteiger partial charge in [0.15, 0.2) is 5.82 Å². The third-order valence-electron chi connectivity index (χ3n) is 6.31. The minimum Gasteiger partial charge on any atom is -0.493 e. The van der Waals surface area contributed by atoms with Gasteiger partial charge in [0.1, 0.15) is 11.6 Å². The fraction of sp³-hybridized carbons (Fsp3) is 0.259. The third kappa shape index (κ3) is 4.35. The predicted molar refractivity (Wildman–Crippen MR) is 137 cm³/mol. The molecule has 2 aliphatic heterocycles. The van der Waals surface area contributed by atoms with Crippen LogP contribution in [-0.2, 0) is 18.3 Å². The van der Waals surface area contributed by atoms with E-state index in [9.17, 15) is 9.59 Å². The van der Waals surface area contributed by atoms with Crippen LogP contribution >= 0.6 is 0 Å². The Morgan fingerprint density at radius 2 is 2.14 bits per heavy atom. The second-order valence-corrected chi connectivity index (χ2v) is 8.79. The highest BCUT2D eigenvalue weighted by Crippen LogP contribution is 2.38.